The van der Waals surface area contributed by atoms with Crippen molar-refractivity contribution in [1.29, 1.82) is 0 Å². The van der Waals surface area contributed by atoms with Gasteiger partial charge in [0.25, 0.3) is 0 Å². The van der Waals surface area contributed by atoms with Crippen molar-refractivity contribution >= 4 is 11.9 Å². The molecule has 0 amide bonds. The van der Waals surface area contributed by atoms with Gasteiger partial charge < -0.3 is 18.9 Å². The molecule has 154 valence electrons. The van der Waals surface area contributed by atoms with E-state index >= 15 is 0 Å². The minimum absolute atomic E-state index is 0.109. The van der Waals surface area contributed by atoms with Gasteiger partial charge in [0, 0.05) is 38.0 Å². The lowest BCUT2D eigenvalue weighted by Gasteiger charge is -2.31. The van der Waals surface area contributed by atoms with Crippen molar-refractivity contribution in [2.75, 3.05) is 13.2 Å². The van der Waals surface area contributed by atoms with Crippen LogP contribution in [0, 0.1) is 11.8 Å². The van der Waals surface area contributed by atoms with E-state index in [0.29, 0.717) is 26.1 Å². The van der Waals surface area contributed by atoms with Crippen molar-refractivity contribution in [2.24, 2.45) is 11.8 Å². The summed E-state index contributed by atoms with van der Waals surface area (Å²) >= 11 is 0. The number of rotatable bonds is 10. The van der Waals surface area contributed by atoms with Crippen LogP contribution in [0.3, 0.4) is 0 Å². The van der Waals surface area contributed by atoms with Crippen molar-refractivity contribution in [3.63, 3.8) is 0 Å². The summed E-state index contributed by atoms with van der Waals surface area (Å²) in [6.45, 7) is 4.94. The first-order valence-corrected chi connectivity index (χ1v) is 10.7. The molecule has 1 saturated carbocycles. The van der Waals surface area contributed by atoms with E-state index in [1.165, 1.54) is 32.6 Å². The zero-order valence-corrected chi connectivity index (χ0v) is 16.7. The second-order valence-corrected chi connectivity index (χ2v) is 8.25. The van der Waals surface area contributed by atoms with Crippen LogP contribution in [-0.4, -0.2) is 43.1 Å². The van der Waals surface area contributed by atoms with Crippen LogP contribution in [0.2, 0.25) is 0 Å². The highest BCUT2D eigenvalue weighted by Gasteiger charge is 2.52. The SMILES string of the molecule is CCCCCCCC1(CC[C@H]2[C@H](OC(C)=O)CC3OC(=O)C[C@@H]32)OCCO1. The molecular formula is C21H34O6. The predicted octanol–water partition coefficient (Wildman–Crippen LogP) is 3.75. The summed E-state index contributed by atoms with van der Waals surface area (Å²) in [6, 6.07) is 0. The molecule has 2 aliphatic heterocycles. The summed E-state index contributed by atoms with van der Waals surface area (Å²) in [5, 5.41) is 0. The van der Waals surface area contributed by atoms with Crippen LogP contribution in [-0.2, 0) is 28.5 Å². The molecule has 3 aliphatic rings. The molecule has 2 saturated heterocycles. The van der Waals surface area contributed by atoms with Gasteiger partial charge in [0.2, 0.25) is 0 Å². The first kappa shape index (κ1) is 20.6. The van der Waals surface area contributed by atoms with E-state index in [9.17, 15) is 9.59 Å². The molecule has 4 atom stereocenters. The third kappa shape index (κ3) is 5.23. The van der Waals surface area contributed by atoms with Crippen molar-refractivity contribution in [3.05, 3.63) is 0 Å². The van der Waals surface area contributed by atoms with Gasteiger partial charge in [-0.3, -0.25) is 9.59 Å². The van der Waals surface area contributed by atoms with E-state index in [-0.39, 0.29) is 36.0 Å². The van der Waals surface area contributed by atoms with Crippen molar-refractivity contribution < 1.29 is 28.5 Å². The Morgan fingerprint density at radius 2 is 1.89 bits per heavy atom. The highest BCUT2D eigenvalue weighted by Crippen LogP contribution is 2.46. The second kappa shape index (κ2) is 9.37. The number of hydrogen-bond donors (Lipinski definition) is 0. The number of carbonyl (C=O) groups is 2. The van der Waals surface area contributed by atoms with Gasteiger partial charge in [0.15, 0.2) is 5.79 Å². The minimum atomic E-state index is -0.505. The van der Waals surface area contributed by atoms with Crippen molar-refractivity contribution in [2.45, 2.75) is 96.1 Å². The third-order valence-corrected chi connectivity index (χ3v) is 6.31. The molecule has 0 spiro atoms. The van der Waals surface area contributed by atoms with Crippen LogP contribution in [0.25, 0.3) is 0 Å². The molecule has 3 fully saturated rings. The fourth-order valence-corrected chi connectivity index (χ4v) is 5.00. The molecule has 1 aliphatic carbocycles. The molecular weight excluding hydrogens is 348 g/mol. The molecule has 0 aromatic carbocycles. The summed E-state index contributed by atoms with van der Waals surface area (Å²) in [7, 11) is 0. The fraction of sp³-hybridized carbons (Fsp3) is 0.905. The number of unbranched alkanes of at least 4 members (excludes halogenated alkanes) is 4. The fourth-order valence-electron chi connectivity index (χ4n) is 5.00. The molecule has 0 aromatic rings. The monoisotopic (exact) mass is 382 g/mol. The Balaban J connectivity index is 1.57. The lowest BCUT2D eigenvalue weighted by molar-refractivity contribution is -0.172. The molecule has 3 rings (SSSR count). The van der Waals surface area contributed by atoms with Gasteiger partial charge in [0.05, 0.1) is 19.6 Å². The number of fused-ring (bicyclic) bond motifs is 1. The topological polar surface area (TPSA) is 71.1 Å². The van der Waals surface area contributed by atoms with Crippen LogP contribution in [0.1, 0.15) is 78.1 Å². The zero-order chi connectivity index (χ0) is 19.3. The summed E-state index contributed by atoms with van der Waals surface area (Å²) in [4.78, 5) is 23.2. The standard InChI is InChI=1S/C21H34O6/c1-3-4-5-6-7-9-21(24-11-12-25-21)10-8-16-17-13-20(23)27-19(17)14-18(16)26-15(2)22/h16-19H,3-14H2,1-2H3/t16-,17-,18-,19?/m1/s1. The average Bonchev–Trinajstić information content (AvgIpc) is 3.28. The summed E-state index contributed by atoms with van der Waals surface area (Å²) in [6.07, 6.45) is 9.35. The van der Waals surface area contributed by atoms with Crippen LogP contribution in [0.5, 0.6) is 0 Å². The minimum Gasteiger partial charge on any atom is -0.462 e. The molecule has 0 radical (unpaired) electrons. The maximum Gasteiger partial charge on any atom is 0.306 e. The van der Waals surface area contributed by atoms with Crippen LogP contribution in [0.4, 0.5) is 0 Å². The van der Waals surface area contributed by atoms with Crippen molar-refractivity contribution in [3.8, 4) is 0 Å². The maximum atomic E-state index is 11.7. The quantitative estimate of drug-likeness (QED) is 0.423. The van der Waals surface area contributed by atoms with Gasteiger partial charge in [-0.2, -0.15) is 0 Å². The highest BCUT2D eigenvalue weighted by molar-refractivity contribution is 5.72. The lowest BCUT2D eigenvalue weighted by Crippen LogP contribution is -2.33. The molecule has 6 nitrogen and oxygen atoms in total. The molecule has 6 heteroatoms. The van der Waals surface area contributed by atoms with E-state index in [2.05, 4.69) is 6.92 Å². The molecule has 1 unspecified atom stereocenters. The molecule has 0 bridgehead atoms. The first-order valence-electron chi connectivity index (χ1n) is 10.7. The van der Waals surface area contributed by atoms with Gasteiger partial charge in [-0.1, -0.05) is 32.6 Å². The Hall–Kier alpha value is -1.14. The van der Waals surface area contributed by atoms with E-state index in [4.69, 9.17) is 18.9 Å². The predicted molar refractivity (Wildman–Crippen MR) is 98.9 cm³/mol. The molecule has 0 N–H and O–H groups in total. The summed E-state index contributed by atoms with van der Waals surface area (Å²) in [5.74, 6) is -0.625. The van der Waals surface area contributed by atoms with Crippen LogP contribution < -0.4 is 0 Å². The Bertz CT molecular complexity index is 513. The van der Waals surface area contributed by atoms with Crippen LogP contribution in [0.15, 0.2) is 0 Å². The molecule has 0 aromatic heterocycles. The molecule has 2 heterocycles. The number of carbonyl (C=O) groups excluding carboxylic acids is 2. The Morgan fingerprint density at radius 1 is 1.15 bits per heavy atom. The van der Waals surface area contributed by atoms with E-state index in [0.717, 1.165) is 25.7 Å². The highest BCUT2D eigenvalue weighted by atomic mass is 16.7. The van der Waals surface area contributed by atoms with Gasteiger partial charge in [-0.25, -0.2) is 0 Å². The molecule has 27 heavy (non-hydrogen) atoms. The Kier molecular flexibility index (Phi) is 7.15. The summed E-state index contributed by atoms with van der Waals surface area (Å²) in [5.41, 5.74) is 0. The number of ether oxygens (including phenoxy) is 4. The first-order chi connectivity index (χ1) is 13.0. The largest absolute Gasteiger partial charge is 0.462 e. The van der Waals surface area contributed by atoms with E-state index < -0.39 is 5.79 Å². The van der Waals surface area contributed by atoms with Gasteiger partial charge >= 0.3 is 11.9 Å². The third-order valence-electron chi connectivity index (χ3n) is 6.31. The maximum absolute atomic E-state index is 11.7. The van der Waals surface area contributed by atoms with E-state index in [1.807, 2.05) is 0 Å². The van der Waals surface area contributed by atoms with Gasteiger partial charge in [-0.05, 0) is 12.8 Å². The number of hydrogen-bond acceptors (Lipinski definition) is 6. The average molecular weight is 382 g/mol. The van der Waals surface area contributed by atoms with Gasteiger partial charge in [-0.15, -0.1) is 0 Å². The second-order valence-electron chi connectivity index (χ2n) is 8.25. The normalized spacial score (nSPS) is 31.7. The Labute approximate surface area is 162 Å². The Morgan fingerprint density at radius 3 is 2.59 bits per heavy atom. The lowest BCUT2D eigenvalue weighted by atomic mass is 9.86. The zero-order valence-electron chi connectivity index (χ0n) is 16.7. The number of esters is 2. The summed E-state index contributed by atoms with van der Waals surface area (Å²) < 4.78 is 23.0. The van der Waals surface area contributed by atoms with E-state index in [1.54, 1.807) is 0 Å². The smallest absolute Gasteiger partial charge is 0.306 e. The van der Waals surface area contributed by atoms with Crippen molar-refractivity contribution in [1.82, 2.24) is 0 Å². The van der Waals surface area contributed by atoms with Crippen LogP contribution >= 0.6 is 0 Å². The van der Waals surface area contributed by atoms with Gasteiger partial charge in [0.1, 0.15) is 12.2 Å².